The quantitative estimate of drug-likeness (QED) is 0.558. The Morgan fingerprint density at radius 3 is 2.31 bits per heavy atom. The number of carboxylic acids is 1. The molecule has 0 aliphatic rings. The molecule has 94 valence electrons. The van der Waals surface area contributed by atoms with Gasteiger partial charge in [0.15, 0.2) is 0 Å². The van der Waals surface area contributed by atoms with Gasteiger partial charge in [0.05, 0.1) is 12.0 Å². The molecule has 0 aliphatic carbocycles. The van der Waals surface area contributed by atoms with Gasteiger partial charge < -0.3 is 16.2 Å². The molecule has 0 saturated carbocycles. The molecule has 0 aromatic heterocycles. The number of aliphatic carboxylic acids is 1. The van der Waals surface area contributed by atoms with Crippen LogP contribution in [0.25, 0.3) is 0 Å². The van der Waals surface area contributed by atoms with Gasteiger partial charge in [-0.25, -0.2) is 0 Å². The van der Waals surface area contributed by atoms with Gasteiger partial charge in [0, 0.05) is 6.54 Å². The van der Waals surface area contributed by atoms with E-state index in [0.717, 1.165) is 0 Å². The minimum Gasteiger partial charge on any atom is -0.481 e. The number of carbonyl (C=O) groups is 2. The first-order chi connectivity index (χ1) is 7.36. The largest absolute Gasteiger partial charge is 0.481 e. The van der Waals surface area contributed by atoms with E-state index < -0.39 is 12.0 Å². The molecule has 2 unspecified atom stereocenters. The summed E-state index contributed by atoms with van der Waals surface area (Å²) < 4.78 is 0. The second-order valence-electron chi connectivity index (χ2n) is 4.44. The molecular weight excluding hydrogens is 208 g/mol. The van der Waals surface area contributed by atoms with Crippen LogP contribution in [0.3, 0.4) is 0 Å². The Bertz CT molecular complexity index is 241. The minimum absolute atomic E-state index is 0.109. The monoisotopic (exact) mass is 230 g/mol. The van der Waals surface area contributed by atoms with Crippen LogP contribution in [0.15, 0.2) is 0 Å². The Balaban J connectivity index is 3.67. The fraction of sp³-hybridized carbons (Fsp3) is 0.818. The molecule has 5 heteroatoms. The zero-order valence-corrected chi connectivity index (χ0v) is 10.2. The van der Waals surface area contributed by atoms with Crippen LogP contribution in [0.5, 0.6) is 0 Å². The topological polar surface area (TPSA) is 92.4 Å². The third-order valence-electron chi connectivity index (χ3n) is 2.56. The molecule has 4 N–H and O–H groups in total. The molecule has 16 heavy (non-hydrogen) atoms. The van der Waals surface area contributed by atoms with Gasteiger partial charge in [0.1, 0.15) is 0 Å². The second kappa shape index (κ2) is 7.22. The van der Waals surface area contributed by atoms with Crippen LogP contribution in [0.1, 0.15) is 33.6 Å². The predicted molar refractivity (Wildman–Crippen MR) is 61.9 cm³/mol. The van der Waals surface area contributed by atoms with Crippen LogP contribution in [-0.2, 0) is 9.59 Å². The molecule has 0 heterocycles. The number of carboxylic acid groups (broad SMARTS) is 1. The molecule has 0 aromatic carbocycles. The summed E-state index contributed by atoms with van der Waals surface area (Å²) in [5.74, 6) is -1.23. The van der Waals surface area contributed by atoms with E-state index in [1.807, 2.05) is 13.8 Å². The predicted octanol–water partition coefficient (Wildman–Crippen LogP) is 0.587. The highest BCUT2D eigenvalue weighted by Gasteiger charge is 2.16. The van der Waals surface area contributed by atoms with Gasteiger partial charge in [0.25, 0.3) is 0 Å². The minimum atomic E-state index is -0.801. The number of rotatable bonds is 7. The van der Waals surface area contributed by atoms with Crippen LogP contribution in [0.2, 0.25) is 0 Å². The lowest BCUT2D eigenvalue weighted by Crippen LogP contribution is -2.44. The smallest absolute Gasteiger partial charge is 0.306 e. The number of nitrogens with one attached hydrogen (secondary N) is 1. The van der Waals surface area contributed by atoms with Gasteiger partial charge in [0.2, 0.25) is 5.91 Å². The lowest BCUT2D eigenvalue weighted by molar-refractivity contribution is -0.141. The van der Waals surface area contributed by atoms with Crippen molar-refractivity contribution < 1.29 is 14.7 Å². The second-order valence-corrected chi connectivity index (χ2v) is 4.44. The molecule has 5 nitrogen and oxygen atoms in total. The first-order valence-corrected chi connectivity index (χ1v) is 5.62. The third kappa shape index (κ3) is 5.70. The van der Waals surface area contributed by atoms with Crippen LogP contribution in [0, 0.1) is 11.8 Å². The van der Waals surface area contributed by atoms with E-state index in [1.54, 1.807) is 6.92 Å². The lowest BCUT2D eigenvalue weighted by atomic mass is 10.0. The van der Waals surface area contributed by atoms with E-state index in [-0.39, 0.29) is 17.7 Å². The van der Waals surface area contributed by atoms with Crippen molar-refractivity contribution in [1.82, 2.24) is 5.32 Å². The van der Waals surface area contributed by atoms with Crippen molar-refractivity contribution in [2.24, 2.45) is 17.6 Å². The summed E-state index contributed by atoms with van der Waals surface area (Å²) >= 11 is 0. The standard InChI is InChI=1S/C11H22N2O3/c1-7(2)9(12)10(14)13-6-4-5-8(3)11(15)16/h7-9H,4-6,12H2,1-3H3,(H,13,14)(H,15,16). The lowest BCUT2D eigenvalue weighted by Gasteiger charge is -2.15. The van der Waals surface area contributed by atoms with E-state index in [1.165, 1.54) is 0 Å². The van der Waals surface area contributed by atoms with E-state index in [0.29, 0.717) is 19.4 Å². The van der Waals surface area contributed by atoms with E-state index in [2.05, 4.69) is 5.32 Å². The van der Waals surface area contributed by atoms with Crippen molar-refractivity contribution in [2.75, 3.05) is 6.54 Å². The summed E-state index contributed by atoms with van der Waals surface area (Å²) in [5, 5.41) is 11.3. The van der Waals surface area contributed by atoms with Gasteiger partial charge in [-0.1, -0.05) is 20.8 Å². The molecule has 0 bridgehead atoms. The van der Waals surface area contributed by atoms with Crippen molar-refractivity contribution in [1.29, 1.82) is 0 Å². The Hall–Kier alpha value is -1.10. The summed E-state index contributed by atoms with van der Waals surface area (Å²) in [6, 6.07) is -0.489. The zero-order chi connectivity index (χ0) is 12.7. The van der Waals surface area contributed by atoms with Gasteiger partial charge in [-0.2, -0.15) is 0 Å². The zero-order valence-electron chi connectivity index (χ0n) is 10.2. The van der Waals surface area contributed by atoms with Crippen molar-refractivity contribution >= 4 is 11.9 Å². The number of hydrogen-bond acceptors (Lipinski definition) is 3. The van der Waals surface area contributed by atoms with Crippen LogP contribution in [-0.4, -0.2) is 29.6 Å². The third-order valence-corrected chi connectivity index (χ3v) is 2.56. The van der Waals surface area contributed by atoms with Gasteiger partial charge in [-0.05, 0) is 18.8 Å². The van der Waals surface area contributed by atoms with Crippen LogP contribution >= 0.6 is 0 Å². The number of hydrogen-bond donors (Lipinski definition) is 3. The van der Waals surface area contributed by atoms with Gasteiger partial charge in [-0.3, -0.25) is 9.59 Å². The van der Waals surface area contributed by atoms with Gasteiger partial charge >= 0.3 is 5.97 Å². The summed E-state index contributed by atoms with van der Waals surface area (Å²) in [7, 11) is 0. The number of carbonyl (C=O) groups excluding carboxylic acids is 1. The highest BCUT2D eigenvalue weighted by atomic mass is 16.4. The van der Waals surface area contributed by atoms with Gasteiger partial charge in [-0.15, -0.1) is 0 Å². The molecule has 1 amide bonds. The number of nitrogens with two attached hydrogens (primary N) is 1. The first-order valence-electron chi connectivity index (χ1n) is 5.62. The molecule has 0 fully saturated rings. The molecule has 0 saturated heterocycles. The Morgan fingerprint density at radius 1 is 1.31 bits per heavy atom. The maximum absolute atomic E-state index is 11.4. The highest BCUT2D eigenvalue weighted by Crippen LogP contribution is 2.04. The Labute approximate surface area is 96.4 Å². The van der Waals surface area contributed by atoms with Crippen molar-refractivity contribution in [2.45, 2.75) is 39.7 Å². The molecular formula is C11H22N2O3. The molecule has 0 rings (SSSR count). The molecule has 0 aromatic rings. The average Bonchev–Trinajstić information content (AvgIpc) is 2.22. The Morgan fingerprint density at radius 2 is 1.88 bits per heavy atom. The number of amides is 1. The van der Waals surface area contributed by atoms with E-state index >= 15 is 0 Å². The fourth-order valence-corrected chi connectivity index (χ4v) is 1.16. The molecule has 0 spiro atoms. The summed E-state index contributed by atoms with van der Waals surface area (Å²) in [5.41, 5.74) is 5.64. The van der Waals surface area contributed by atoms with Crippen molar-refractivity contribution in [3.8, 4) is 0 Å². The highest BCUT2D eigenvalue weighted by molar-refractivity contribution is 5.81. The summed E-state index contributed by atoms with van der Waals surface area (Å²) in [6.07, 6.45) is 1.22. The normalized spacial score (nSPS) is 14.6. The Kier molecular flexibility index (Phi) is 6.72. The van der Waals surface area contributed by atoms with Crippen LogP contribution < -0.4 is 11.1 Å². The molecule has 2 atom stereocenters. The fourth-order valence-electron chi connectivity index (χ4n) is 1.16. The average molecular weight is 230 g/mol. The SMILES string of the molecule is CC(CCCNC(=O)C(N)C(C)C)C(=O)O. The maximum Gasteiger partial charge on any atom is 0.306 e. The maximum atomic E-state index is 11.4. The van der Waals surface area contributed by atoms with E-state index in [4.69, 9.17) is 10.8 Å². The van der Waals surface area contributed by atoms with Crippen molar-refractivity contribution in [3.05, 3.63) is 0 Å². The summed E-state index contributed by atoms with van der Waals surface area (Å²) in [6.45, 7) is 5.91. The van der Waals surface area contributed by atoms with Crippen molar-refractivity contribution in [3.63, 3.8) is 0 Å². The molecule has 0 aliphatic heterocycles. The van der Waals surface area contributed by atoms with E-state index in [9.17, 15) is 9.59 Å². The summed E-state index contributed by atoms with van der Waals surface area (Å²) in [4.78, 5) is 21.9. The molecule has 0 radical (unpaired) electrons. The van der Waals surface area contributed by atoms with Crippen LogP contribution in [0.4, 0.5) is 0 Å². The first kappa shape index (κ1) is 14.9.